The number of aliphatic hydroxyl groups is 1. The Morgan fingerprint density at radius 3 is 2.44 bits per heavy atom. The van der Waals surface area contributed by atoms with Crippen LogP contribution in [0.5, 0.6) is 0 Å². The van der Waals surface area contributed by atoms with Crippen molar-refractivity contribution in [1.82, 2.24) is 0 Å². The van der Waals surface area contributed by atoms with Gasteiger partial charge in [0.2, 0.25) is 0 Å². The maximum atomic E-state index is 10.6. The summed E-state index contributed by atoms with van der Waals surface area (Å²) in [4.78, 5) is 4.70. The van der Waals surface area contributed by atoms with Gasteiger partial charge < -0.3 is 5.11 Å². The Morgan fingerprint density at radius 1 is 1.06 bits per heavy atom. The first kappa shape index (κ1) is 24.5. The summed E-state index contributed by atoms with van der Waals surface area (Å²) in [7, 11) is 0. The van der Waals surface area contributed by atoms with Gasteiger partial charge in [0.25, 0.3) is 0 Å². The molecule has 0 aromatic rings. The van der Waals surface area contributed by atoms with Crippen molar-refractivity contribution in [3.63, 3.8) is 0 Å². The van der Waals surface area contributed by atoms with E-state index in [1.807, 2.05) is 12.5 Å². The number of allylic oxidation sites excluding steroid dienone is 2. The van der Waals surface area contributed by atoms with Gasteiger partial charge in [0.15, 0.2) is 0 Å². The van der Waals surface area contributed by atoms with E-state index in [9.17, 15) is 10.4 Å². The summed E-state index contributed by atoms with van der Waals surface area (Å²) in [5, 5.41) is 19.8. The fourth-order valence-corrected chi connectivity index (χ4v) is 9.26. The van der Waals surface area contributed by atoms with Crippen LogP contribution in [0.25, 0.3) is 0 Å². The zero-order valence-corrected chi connectivity index (χ0v) is 21.5. The summed E-state index contributed by atoms with van der Waals surface area (Å²) in [6.07, 6.45) is 11.4. The number of fused-ring (bicyclic) bond motifs is 4. The van der Waals surface area contributed by atoms with Crippen molar-refractivity contribution >= 4 is 0 Å². The first-order valence-electron chi connectivity index (χ1n) is 13.4. The van der Waals surface area contributed by atoms with Gasteiger partial charge in [-0.2, -0.15) is 0 Å². The van der Waals surface area contributed by atoms with Crippen LogP contribution >= 0.6 is 0 Å². The molecule has 0 amide bonds. The predicted molar refractivity (Wildman–Crippen MR) is 131 cm³/mol. The van der Waals surface area contributed by atoms with Crippen molar-refractivity contribution < 1.29 is 15.3 Å². The fourth-order valence-electron chi connectivity index (χ4n) is 9.26. The monoisotopic (exact) mass is 444 g/mol. The lowest BCUT2D eigenvalue weighted by molar-refractivity contribution is -0.270. The van der Waals surface area contributed by atoms with Crippen LogP contribution in [0.3, 0.4) is 0 Å². The van der Waals surface area contributed by atoms with E-state index in [1.165, 1.54) is 38.5 Å². The molecule has 2 N–H and O–H groups in total. The molecule has 9 atom stereocenters. The predicted octanol–water partition coefficient (Wildman–Crippen LogP) is 7.56. The fraction of sp³-hybridized carbons (Fsp3) is 0.862. The minimum atomic E-state index is -0.238. The van der Waals surface area contributed by atoms with Crippen LogP contribution < -0.4 is 0 Å². The van der Waals surface area contributed by atoms with E-state index in [-0.39, 0.29) is 12.2 Å². The van der Waals surface area contributed by atoms with Gasteiger partial charge in [-0.25, -0.2) is 4.89 Å². The standard InChI is InChI=1S/C29H48O3/c1-18(2)26(32-31)11-8-19(3)21-12-16-29(7)24-10-9-22-20(4)25(30)14-15-27(22,5)23(24)13-17-28(21,29)6/h19-22,25-26,30-31H,1,8-17H2,2-7H3/t19-,20+,21-,22+,25+,26?,27+,28-,29+/m1/s1. The molecule has 32 heavy (non-hydrogen) atoms. The molecular weight excluding hydrogens is 396 g/mol. The highest BCUT2D eigenvalue weighted by molar-refractivity contribution is 5.38. The van der Waals surface area contributed by atoms with Gasteiger partial charge in [-0.05, 0) is 117 Å². The molecule has 0 aromatic heterocycles. The van der Waals surface area contributed by atoms with Crippen molar-refractivity contribution in [1.29, 1.82) is 0 Å². The Kier molecular flexibility index (Phi) is 6.53. The quantitative estimate of drug-likeness (QED) is 0.252. The van der Waals surface area contributed by atoms with Crippen LogP contribution in [0.4, 0.5) is 0 Å². The van der Waals surface area contributed by atoms with Crippen molar-refractivity contribution in [2.45, 2.75) is 118 Å². The van der Waals surface area contributed by atoms with E-state index in [2.05, 4.69) is 41.2 Å². The lowest BCUT2D eigenvalue weighted by Gasteiger charge is -2.60. The smallest absolute Gasteiger partial charge is 0.113 e. The number of aliphatic hydroxyl groups excluding tert-OH is 1. The van der Waals surface area contributed by atoms with Gasteiger partial charge in [0.1, 0.15) is 6.10 Å². The molecular formula is C29H48O3. The highest BCUT2D eigenvalue weighted by Gasteiger charge is 2.62. The zero-order chi connectivity index (χ0) is 23.5. The average molecular weight is 445 g/mol. The molecule has 182 valence electrons. The number of rotatable bonds is 6. The molecule has 0 heterocycles. The molecule has 4 rings (SSSR count). The summed E-state index contributed by atoms with van der Waals surface area (Å²) in [6, 6.07) is 0. The molecule has 0 spiro atoms. The first-order chi connectivity index (χ1) is 15.0. The van der Waals surface area contributed by atoms with Crippen LogP contribution in [0.1, 0.15) is 106 Å². The lowest BCUT2D eigenvalue weighted by atomic mass is 9.45. The van der Waals surface area contributed by atoms with Crippen LogP contribution in [0, 0.1) is 39.9 Å². The molecule has 0 aliphatic heterocycles. The molecule has 3 nitrogen and oxygen atoms in total. The second-order valence-corrected chi connectivity index (χ2v) is 12.9. The Morgan fingerprint density at radius 2 is 1.78 bits per heavy atom. The second-order valence-electron chi connectivity index (χ2n) is 12.9. The largest absolute Gasteiger partial charge is 0.393 e. The number of hydrogen-bond donors (Lipinski definition) is 2. The Labute approximate surface area is 196 Å². The summed E-state index contributed by atoms with van der Waals surface area (Å²) >= 11 is 0. The minimum absolute atomic E-state index is 0.109. The summed E-state index contributed by atoms with van der Waals surface area (Å²) in [5.41, 5.74) is 5.50. The van der Waals surface area contributed by atoms with Crippen molar-refractivity contribution in [3.05, 3.63) is 23.3 Å². The van der Waals surface area contributed by atoms with E-state index < -0.39 is 0 Å². The molecule has 0 bridgehead atoms. The summed E-state index contributed by atoms with van der Waals surface area (Å²) < 4.78 is 0. The SMILES string of the molecule is C=C(C)C(CC[C@@H](C)[C@H]1CC[C@@]2(C)C3=C(CC[C@]12C)[C@@]1(C)CC[C@H](O)[C@@H](C)[C@@H]1CC3)OO. The van der Waals surface area contributed by atoms with Crippen LogP contribution in [-0.4, -0.2) is 22.6 Å². The maximum Gasteiger partial charge on any atom is 0.113 e. The summed E-state index contributed by atoms with van der Waals surface area (Å²) in [6.45, 7) is 18.4. The van der Waals surface area contributed by atoms with Crippen molar-refractivity contribution in [3.8, 4) is 0 Å². The molecule has 0 aromatic carbocycles. The van der Waals surface area contributed by atoms with Gasteiger partial charge in [-0.3, -0.25) is 5.26 Å². The van der Waals surface area contributed by atoms with E-state index in [4.69, 9.17) is 4.89 Å². The maximum absolute atomic E-state index is 10.6. The summed E-state index contributed by atoms with van der Waals surface area (Å²) in [5.74, 6) is 2.42. The van der Waals surface area contributed by atoms with E-state index in [0.29, 0.717) is 34.0 Å². The van der Waals surface area contributed by atoms with Crippen molar-refractivity contribution in [2.24, 2.45) is 39.9 Å². The van der Waals surface area contributed by atoms with Gasteiger partial charge >= 0.3 is 0 Å². The molecule has 3 heteroatoms. The third-order valence-corrected chi connectivity index (χ3v) is 11.6. The van der Waals surface area contributed by atoms with Gasteiger partial charge in [-0.15, -0.1) is 0 Å². The van der Waals surface area contributed by atoms with Gasteiger partial charge in [0.05, 0.1) is 6.10 Å². The molecule has 2 saturated carbocycles. The molecule has 1 unspecified atom stereocenters. The zero-order valence-electron chi connectivity index (χ0n) is 21.5. The molecule has 2 fully saturated rings. The Bertz CT molecular complexity index is 770. The first-order valence-corrected chi connectivity index (χ1v) is 13.4. The highest BCUT2D eigenvalue weighted by Crippen LogP contribution is 2.71. The molecule has 0 radical (unpaired) electrons. The third kappa shape index (κ3) is 3.48. The molecule has 4 aliphatic carbocycles. The Hall–Kier alpha value is -0.640. The van der Waals surface area contributed by atoms with E-state index in [1.54, 1.807) is 5.57 Å². The third-order valence-electron chi connectivity index (χ3n) is 11.6. The highest BCUT2D eigenvalue weighted by atomic mass is 17.1. The van der Waals surface area contributed by atoms with E-state index in [0.717, 1.165) is 37.2 Å². The lowest BCUT2D eigenvalue weighted by Crippen LogP contribution is -2.51. The topological polar surface area (TPSA) is 49.7 Å². The number of hydrogen-bond acceptors (Lipinski definition) is 3. The second kappa shape index (κ2) is 8.54. The van der Waals surface area contributed by atoms with E-state index >= 15 is 0 Å². The van der Waals surface area contributed by atoms with Gasteiger partial charge in [0, 0.05) is 0 Å². The van der Waals surface area contributed by atoms with Crippen LogP contribution in [-0.2, 0) is 4.89 Å². The minimum Gasteiger partial charge on any atom is -0.393 e. The van der Waals surface area contributed by atoms with Crippen molar-refractivity contribution in [2.75, 3.05) is 0 Å². The molecule has 0 saturated heterocycles. The van der Waals surface area contributed by atoms with Gasteiger partial charge in [-0.1, -0.05) is 52.3 Å². The average Bonchev–Trinajstić information content (AvgIpc) is 3.02. The van der Waals surface area contributed by atoms with Crippen LogP contribution in [0.15, 0.2) is 23.3 Å². The Balaban J connectivity index is 1.59. The molecule has 4 aliphatic rings. The normalized spacial score (nSPS) is 45.6. The van der Waals surface area contributed by atoms with Crippen LogP contribution in [0.2, 0.25) is 0 Å².